The summed E-state index contributed by atoms with van der Waals surface area (Å²) in [5.74, 6) is -1.26. The molecule has 70 valence electrons. The van der Waals surface area contributed by atoms with Crippen molar-refractivity contribution in [1.82, 2.24) is 4.98 Å². The van der Waals surface area contributed by atoms with Crippen LogP contribution in [0, 0.1) is 0 Å². The maximum atomic E-state index is 10.5. The van der Waals surface area contributed by atoms with E-state index in [2.05, 4.69) is 20.9 Å². The van der Waals surface area contributed by atoms with Gasteiger partial charge < -0.3 is 9.90 Å². The Kier molecular flexibility index (Phi) is 2.21. The van der Waals surface area contributed by atoms with Crippen LogP contribution in [0.25, 0.3) is 10.9 Å². The van der Waals surface area contributed by atoms with Gasteiger partial charge in [-0.2, -0.15) is 0 Å². The van der Waals surface area contributed by atoms with Crippen LogP contribution in [-0.4, -0.2) is 11.0 Å². The number of benzene rings is 1. The molecule has 0 amide bonds. The standard InChI is InChI=1S/C10H6BrNO2/c11-7-2-1-3-8-6(7)4-5-9(12-8)10(13)14/h1-5H,(H,13,14)/p-1. The van der Waals surface area contributed by atoms with Gasteiger partial charge in [0.15, 0.2) is 0 Å². The van der Waals surface area contributed by atoms with Gasteiger partial charge in [-0.25, -0.2) is 4.98 Å². The van der Waals surface area contributed by atoms with Crippen LogP contribution in [0.15, 0.2) is 34.8 Å². The molecular formula is C10H5BrNO2-. The van der Waals surface area contributed by atoms with Crippen molar-refractivity contribution in [1.29, 1.82) is 0 Å². The lowest BCUT2D eigenvalue weighted by Gasteiger charge is -2.04. The molecule has 0 fully saturated rings. The van der Waals surface area contributed by atoms with Gasteiger partial charge in [0, 0.05) is 9.86 Å². The Labute approximate surface area is 88.5 Å². The lowest BCUT2D eigenvalue weighted by Crippen LogP contribution is -2.23. The molecule has 1 aromatic carbocycles. The Balaban J connectivity index is 2.73. The molecule has 3 nitrogen and oxygen atoms in total. The van der Waals surface area contributed by atoms with Gasteiger partial charge in [0.2, 0.25) is 0 Å². The van der Waals surface area contributed by atoms with Crippen LogP contribution < -0.4 is 5.11 Å². The molecule has 0 atom stereocenters. The molecule has 0 aliphatic rings. The van der Waals surface area contributed by atoms with Crippen LogP contribution in [0.4, 0.5) is 0 Å². The third-order valence-corrected chi connectivity index (χ3v) is 2.58. The van der Waals surface area contributed by atoms with Crippen molar-refractivity contribution in [3.63, 3.8) is 0 Å². The minimum atomic E-state index is -1.26. The first-order valence-electron chi connectivity index (χ1n) is 3.95. The van der Waals surface area contributed by atoms with Crippen molar-refractivity contribution in [2.45, 2.75) is 0 Å². The first kappa shape index (κ1) is 9.15. The topological polar surface area (TPSA) is 53.0 Å². The number of hydrogen-bond acceptors (Lipinski definition) is 3. The Morgan fingerprint density at radius 2 is 2.07 bits per heavy atom. The molecule has 14 heavy (non-hydrogen) atoms. The molecule has 2 rings (SSSR count). The van der Waals surface area contributed by atoms with E-state index in [0.717, 1.165) is 9.86 Å². The predicted octanol–water partition coefficient (Wildman–Crippen LogP) is 1.36. The SMILES string of the molecule is O=C([O-])c1ccc2c(Br)cccc2n1. The minimum absolute atomic E-state index is 0.0457. The number of pyridine rings is 1. The van der Waals surface area contributed by atoms with Gasteiger partial charge in [0.25, 0.3) is 0 Å². The number of aromatic carboxylic acids is 1. The molecule has 0 bridgehead atoms. The molecule has 0 unspecified atom stereocenters. The van der Waals surface area contributed by atoms with Gasteiger partial charge >= 0.3 is 0 Å². The highest BCUT2D eigenvalue weighted by molar-refractivity contribution is 9.10. The minimum Gasteiger partial charge on any atom is -0.543 e. The van der Waals surface area contributed by atoms with E-state index in [1.807, 2.05) is 6.07 Å². The summed E-state index contributed by atoms with van der Waals surface area (Å²) in [5, 5.41) is 11.4. The lowest BCUT2D eigenvalue weighted by molar-refractivity contribution is -0.255. The second-order valence-corrected chi connectivity index (χ2v) is 3.64. The normalized spacial score (nSPS) is 10.4. The molecule has 0 spiro atoms. The van der Waals surface area contributed by atoms with E-state index in [4.69, 9.17) is 0 Å². The van der Waals surface area contributed by atoms with Crippen LogP contribution in [0.5, 0.6) is 0 Å². The molecule has 0 radical (unpaired) electrons. The number of carbonyl (C=O) groups excluding carboxylic acids is 1. The Hall–Kier alpha value is -1.42. The second-order valence-electron chi connectivity index (χ2n) is 2.79. The van der Waals surface area contributed by atoms with E-state index in [1.54, 1.807) is 18.2 Å². The molecular weight excluding hydrogens is 246 g/mol. The maximum Gasteiger partial charge on any atom is 0.0900 e. The van der Waals surface area contributed by atoms with Gasteiger partial charge in [-0.3, -0.25) is 0 Å². The summed E-state index contributed by atoms with van der Waals surface area (Å²) >= 11 is 3.36. The molecule has 1 heterocycles. The van der Waals surface area contributed by atoms with Gasteiger partial charge in [-0.05, 0) is 24.3 Å². The predicted molar refractivity (Wildman–Crippen MR) is 53.8 cm³/mol. The summed E-state index contributed by atoms with van der Waals surface area (Å²) in [6.45, 7) is 0. The molecule has 0 aliphatic carbocycles. The highest BCUT2D eigenvalue weighted by Gasteiger charge is 2.01. The number of fused-ring (bicyclic) bond motifs is 1. The highest BCUT2D eigenvalue weighted by Crippen LogP contribution is 2.22. The van der Waals surface area contributed by atoms with E-state index in [1.165, 1.54) is 6.07 Å². The summed E-state index contributed by atoms with van der Waals surface area (Å²) in [6.07, 6.45) is 0. The zero-order valence-electron chi connectivity index (χ0n) is 7.03. The smallest absolute Gasteiger partial charge is 0.0900 e. The van der Waals surface area contributed by atoms with E-state index < -0.39 is 5.97 Å². The van der Waals surface area contributed by atoms with E-state index in [-0.39, 0.29) is 5.69 Å². The van der Waals surface area contributed by atoms with E-state index >= 15 is 0 Å². The number of hydrogen-bond donors (Lipinski definition) is 0. The number of rotatable bonds is 1. The monoisotopic (exact) mass is 250 g/mol. The lowest BCUT2D eigenvalue weighted by atomic mass is 10.2. The molecule has 0 aliphatic heterocycles. The van der Waals surface area contributed by atoms with E-state index in [9.17, 15) is 9.90 Å². The van der Waals surface area contributed by atoms with Crippen LogP contribution in [-0.2, 0) is 0 Å². The fourth-order valence-corrected chi connectivity index (χ4v) is 1.72. The number of aromatic nitrogens is 1. The van der Waals surface area contributed by atoms with Crippen molar-refractivity contribution >= 4 is 32.8 Å². The summed E-state index contributed by atoms with van der Waals surface area (Å²) < 4.78 is 0.896. The van der Waals surface area contributed by atoms with Gasteiger partial charge in [-0.15, -0.1) is 0 Å². The summed E-state index contributed by atoms with van der Waals surface area (Å²) in [5.41, 5.74) is 0.594. The number of carboxylic acids is 1. The number of carbonyl (C=O) groups is 1. The van der Waals surface area contributed by atoms with E-state index in [0.29, 0.717) is 5.52 Å². The second kappa shape index (κ2) is 3.38. The van der Waals surface area contributed by atoms with Crippen molar-refractivity contribution in [2.75, 3.05) is 0 Å². The third kappa shape index (κ3) is 1.48. The number of nitrogens with zero attached hydrogens (tertiary/aromatic N) is 1. The average Bonchev–Trinajstić information content (AvgIpc) is 2.17. The van der Waals surface area contributed by atoms with Crippen molar-refractivity contribution < 1.29 is 9.90 Å². The molecule has 0 saturated heterocycles. The zero-order valence-corrected chi connectivity index (χ0v) is 8.61. The summed E-state index contributed by atoms with van der Waals surface area (Å²) in [4.78, 5) is 14.5. The van der Waals surface area contributed by atoms with Crippen LogP contribution in [0.2, 0.25) is 0 Å². The fraction of sp³-hybridized carbons (Fsp3) is 0. The molecule has 1 aromatic heterocycles. The van der Waals surface area contributed by atoms with Crippen molar-refractivity contribution in [3.05, 3.63) is 40.5 Å². The summed E-state index contributed by atoms with van der Waals surface area (Å²) in [7, 11) is 0. The summed E-state index contributed by atoms with van der Waals surface area (Å²) in [6, 6.07) is 8.58. The van der Waals surface area contributed by atoms with Gasteiger partial charge in [-0.1, -0.05) is 22.0 Å². The number of carboxylic acid groups (broad SMARTS) is 1. The Morgan fingerprint density at radius 1 is 1.29 bits per heavy atom. The Bertz CT molecular complexity index is 510. The molecule has 0 N–H and O–H groups in total. The van der Waals surface area contributed by atoms with Crippen molar-refractivity contribution in [3.8, 4) is 0 Å². The van der Waals surface area contributed by atoms with Crippen LogP contribution >= 0.6 is 15.9 Å². The molecule has 0 saturated carbocycles. The zero-order chi connectivity index (χ0) is 10.1. The first-order chi connectivity index (χ1) is 6.68. The third-order valence-electron chi connectivity index (χ3n) is 1.89. The van der Waals surface area contributed by atoms with Crippen LogP contribution in [0.3, 0.4) is 0 Å². The van der Waals surface area contributed by atoms with Crippen molar-refractivity contribution in [2.24, 2.45) is 0 Å². The van der Waals surface area contributed by atoms with Gasteiger partial charge in [0.05, 0.1) is 17.2 Å². The average molecular weight is 251 g/mol. The molecule has 2 aromatic rings. The largest absolute Gasteiger partial charge is 0.543 e. The van der Waals surface area contributed by atoms with Gasteiger partial charge in [0.1, 0.15) is 0 Å². The Morgan fingerprint density at radius 3 is 2.79 bits per heavy atom. The number of halogens is 1. The van der Waals surface area contributed by atoms with Crippen LogP contribution in [0.1, 0.15) is 10.5 Å². The maximum absolute atomic E-state index is 10.5. The fourth-order valence-electron chi connectivity index (χ4n) is 1.23. The highest BCUT2D eigenvalue weighted by atomic mass is 79.9. The molecule has 4 heteroatoms. The quantitative estimate of drug-likeness (QED) is 0.768. The first-order valence-corrected chi connectivity index (χ1v) is 4.74.